The molecule has 35 heavy (non-hydrogen) atoms. The molecule has 8 heteroatoms. The minimum atomic E-state index is -1.70. The molecule has 0 spiro atoms. The molecule has 1 aliphatic heterocycles. The Morgan fingerprint density at radius 2 is 1.77 bits per heavy atom. The number of ether oxygens (including phenoxy) is 3. The SMILES string of the molecule is CO[C@@H]1[C@H](Oc2cccc3c2C(=O)c2c(cc4cc(C)ccc4c2O)C3=O)O[C@H](C)[C@@H](O)[C@]1(C)O. The molecule has 182 valence electrons. The molecule has 3 aromatic carbocycles. The lowest BCUT2D eigenvalue weighted by atomic mass is 9.81. The lowest BCUT2D eigenvalue weighted by Gasteiger charge is -2.46. The molecule has 0 radical (unpaired) electrons. The van der Waals surface area contributed by atoms with Crippen LogP contribution in [0.15, 0.2) is 42.5 Å². The van der Waals surface area contributed by atoms with Crippen LogP contribution in [0.5, 0.6) is 11.5 Å². The summed E-state index contributed by atoms with van der Waals surface area (Å²) in [4.78, 5) is 27.1. The van der Waals surface area contributed by atoms with Gasteiger partial charge in [0.2, 0.25) is 12.1 Å². The van der Waals surface area contributed by atoms with E-state index in [4.69, 9.17) is 14.2 Å². The summed E-state index contributed by atoms with van der Waals surface area (Å²) < 4.78 is 17.2. The van der Waals surface area contributed by atoms with Gasteiger partial charge in [-0.25, -0.2) is 0 Å². The number of hydrogen-bond donors (Lipinski definition) is 3. The zero-order valence-electron chi connectivity index (χ0n) is 19.7. The number of ketones is 2. The lowest BCUT2D eigenvalue weighted by molar-refractivity contribution is -0.306. The van der Waals surface area contributed by atoms with Crippen LogP contribution in [-0.2, 0) is 9.47 Å². The molecular formula is C27H26O8. The van der Waals surface area contributed by atoms with E-state index in [1.807, 2.05) is 19.1 Å². The number of phenols is 1. The number of rotatable bonds is 3. The summed E-state index contributed by atoms with van der Waals surface area (Å²) in [5, 5.41) is 33.3. The second kappa shape index (κ2) is 8.13. The Morgan fingerprint density at radius 1 is 1.03 bits per heavy atom. The Hall–Kier alpha value is -3.30. The van der Waals surface area contributed by atoms with Crippen LogP contribution in [0.3, 0.4) is 0 Å². The molecule has 5 atom stereocenters. The van der Waals surface area contributed by atoms with Crippen molar-refractivity contribution < 1.29 is 39.1 Å². The largest absolute Gasteiger partial charge is 0.507 e. The fourth-order valence-electron chi connectivity index (χ4n) is 5.08. The van der Waals surface area contributed by atoms with Crippen molar-refractivity contribution in [3.05, 3.63) is 70.3 Å². The smallest absolute Gasteiger partial charge is 0.229 e. The Morgan fingerprint density at radius 3 is 2.49 bits per heavy atom. The number of methoxy groups -OCH3 is 1. The number of carbonyl (C=O) groups excluding carboxylic acids is 2. The fraction of sp³-hybridized carbons (Fsp3) is 0.333. The molecule has 2 aliphatic rings. The normalized spacial score (nSPS) is 28.1. The van der Waals surface area contributed by atoms with Crippen molar-refractivity contribution in [1.29, 1.82) is 0 Å². The van der Waals surface area contributed by atoms with E-state index >= 15 is 0 Å². The zero-order valence-corrected chi connectivity index (χ0v) is 19.7. The number of fused-ring (bicyclic) bond motifs is 3. The van der Waals surface area contributed by atoms with Crippen LogP contribution < -0.4 is 4.74 Å². The molecule has 1 aliphatic carbocycles. The Kier molecular flexibility index (Phi) is 5.45. The van der Waals surface area contributed by atoms with E-state index in [1.54, 1.807) is 25.1 Å². The van der Waals surface area contributed by atoms with Crippen molar-refractivity contribution >= 4 is 22.3 Å². The molecular weight excluding hydrogens is 452 g/mol. The second-order valence-electron chi connectivity index (χ2n) is 9.36. The third-order valence-electron chi connectivity index (χ3n) is 6.95. The molecule has 5 rings (SSSR count). The number of hydrogen-bond acceptors (Lipinski definition) is 8. The van der Waals surface area contributed by atoms with Crippen molar-refractivity contribution in [2.75, 3.05) is 7.11 Å². The summed E-state index contributed by atoms with van der Waals surface area (Å²) in [5.74, 6) is -1.20. The summed E-state index contributed by atoms with van der Waals surface area (Å²) in [6, 6.07) is 11.6. The fourth-order valence-corrected chi connectivity index (χ4v) is 5.08. The standard InChI is InChI=1S/C27H26O8/c1-12-8-9-15-14(10-12)11-17-20(22(15)29)23(30)19-16(21(17)28)6-5-7-18(19)35-26-25(33-4)27(3,32)24(31)13(2)34-26/h5-11,13,24-26,29,31-32H,1-4H3/t13-,24-,25-,26+,27+/m1/s1. The first kappa shape index (κ1) is 23.4. The number of aliphatic hydroxyl groups excluding tert-OH is 1. The number of aromatic hydroxyl groups is 1. The molecule has 0 aromatic heterocycles. The van der Waals surface area contributed by atoms with E-state index in [1.165, 1.54) is 26.2 Å². The third kappa shape index (κ3) is 3.44. The highest BCUT2D eigenvalue weighted by molar-refractivity contribution is 6.31. The molecule has 1 fully saturated rings. The van der Waals surface area contributed by atoms with E-state index in [0.717, 1.165) is 5.56 Å². The predicted molar refractivity (Wildman–Crippen MR) is 126 cm³/mol. The van der Waals surface area contributed by atoms with Gasteiger partial charge in [-0.1, -0.05) is 35.9 Å². The Balaban J connectivity index is 1.61. The van der Waals surface area contributed by atoms with Gasteiger partial charge >= 0.3 is 0 Å². The maximum Gasteiger partial charge on any atom is 0.229 e. The first-order valence-corrected chi connectivity index (χ1v) is 11.3. The van der Waals surface area contributed by atoms with Crippen LogP contribution in [0.4, 0.5) is 0 Å². The topological polar surface area (TPSA) is 123 Å². The maximum absolute atomic E-state index is 13.7. The Bertz CT molecular complexity index is 1380. The highest BCUT2D eigenvalue weighted by Gasteiger charge is 2.53. The van der Waals surface area contributed by atoms with E-state index in [9.17, 15) is 24.9 Å². The summed E-state index contributed by atoms with van der Waals surface area (Å²) in [7, 11) is 1.35. The van der Waals surface area contributed by atoms with Crippen molar-refractivity contribution in [3.8, 4) is 11.5 Å². The average molecular weight is 478 g/mol. The van der Waals surface area contributed by atoms with Crippen molar-refractivity contribution in [2.45, 2.75) is 51.0 Å². The van der Waals surface area contributed by atoms with Crippen molar-refractivity contribution in [1.82, 2.24) is 0 Å². The van der Waals surface area contributed by atoms with Crippen LogP contribution in [-0.4, -0.2) is 64.2 Å². The zero-order chi connectivity index (χ0) is 25.2. The van der Waals surface area contributed by atoms with Gasteiger partial charge in [-0.15, -0.1) is 0 Å². The van der Waals surface area contributed by atoms with Gasteiger partial charge in [-0.05, 0) is 38.3 Å². The van der Waals surface area contributed by atoms with E-state index in [-0.39, 0.29) is 33.8 Å². The first-order valence-electron chi connectivity index (χ1n) is 11.3. The minimum absolute atomic E-state index is 0.0105. The molecule has 0 amide bonds. The van der Waals surface area contributed by atoms with Crippen LogP contribution >= 0.6 is 0 Å². The van der Waals surface area contributed by atoms with Crippen LogP contribution in [0.25, 0.3) is 10.8 Å². The van der Waals surface area contributed by atoms with Gasteiger partial charge in [0.1, 0.15) is 23.2 Å². The quantitative estimate of drug-likeness (QED) is 0.411. The third-order valence-corrected chi connectivity index (χ3v) is 6.95. The molecule has 3 aromatic rings. The minimum Gasteiger partial charge on any atom is -0.507 e. The van der Waals surface area contributed by atoms with Gasteiger partial charge in [-0.2, -0.15) is 0 Å². The molecule has 1 saturated heterocycles. The van der Waals surface area contributed by atoms with Gasteiger partial charge in [0.15, 0.2) is 11.9 Å². The predicted octanol–water partition coefficient (Wildman–Crippen LogP) is 2.88. The highest BCUT2D eigenvalue weighted by atomic mass is 16.7. The molecule has 0 unspecified atom stereocenters. The van der Waals surface area contributed by atoms with Crippen molar-refractivity contribution in [2.24, 2.45) is 0 Å². The van der Waals surface area contributed by atoms with E-state index in [0.29, 0.717) is 10.8 Å². The van der Waals surface area contributed by atoms with Gasteiger partial charge in [0.25, 0.3) is 0 Å². The number of benzene rings is 3. The van der Waals surface area contributed by atoms with Crippen LogP contribution in [0.2, 0.25) is 0 Å². The molecule has 0 saturated carbocycles. The van der Waals surface area contributed by atoms with E-state index in [2.05, 4.69) is 0 Å². The van der Waals surface area contributed by atoms with Gasteiger partial charge < -0.3 is 29.5 Å². The molecule has 0 bridgehead atoms. The van der Waals surface area contributed by atoms with Gasteiger partial charge in [0, 0.05) is 23.6 Å². The lowest BCUT2D eigenvalue weighted by Crippen LogP contribution is -2.66. The number of aryl methyl sites for hydroxylation is 1. The van der Waals surface area contributed by atoms with Gasteiger partial charge in [0.05, 0.1) is 17.2 Å². The first-order chi connectivity index (χ1) is 16.6. The van der Waals surface area contributed by atoms with Crippen LogP contribution in [0, 0.1) is 6.92 Å². The van der Waals surface area contributed by atoms with Crippen molar-refractivity contribution in [3.63, 3.8) is 0 Å². The number of phenolic OH excluding ortho intramolecular Hbond substituents is 1. The Labute approximate surface area is 201 Å². The highest BCUT2D eigenvalue weighted by Crippen LogP contribution is 2.42. The summed E-state index contributed by atoms with van der Waals surface area (Å²) in [5.41, 5.74) is -0.581. The summed E-state index contributed by atoms with van der Waals surface area (Å²) in [6.45, 7) is 4.90. The maximum atomic E-state index is 13.7. The van der Waals surface area contributed by atoms with E-state index < -0.39 is 41.8 Å². The molecule has 3 N–H and O–H groups in total. The number of carbonyl (C=O) groups is 2. The number of aliphatic hydroxyl groups is 2. The molecule has 1 heterocycles. The summed E-state index contributed by atoms with van der Waals surface area (Å²) in [6.07, 6.45) is -4.30. The summed E-state index contributed by atoms with van der Waals surface area (Å²) >= 11 is 0. The average Bonchev–Trinajstić information content (AvgIpc) is 2.81. The monoisotopic (exact) mass is 478 g/mol. The van der Waals surface area contributed by atoms with Gasteiger partial charge in [-0.3, -0.25) is 9.59 Å². The van der Waals surface area contributed by atoms with Crippen LogP contribution in [0.1, 0.15) is 51.3 Å². The molecule has 8 nitrogen and oxygen atoms in total. The second-order valence-corrected chi connectivity index (χ2v) is 9.36.